The van der Waals surface area contributed by atoms with Crippen LogP contribution in [0.25, 0.3) is 0 Å². The third-order valence-corrected chi connectivity index (χ3v) is 7.36. The first-order valence-corrected chi connectivity index (χ1v) is 11.3. The predicted molar refractivity (Wildman–Crippen MR) is 120 cm³/mol. The molecule has 1 saturated heterocycles. The Bertz CT molecular complexity index is 692. The predicted octanol–water partition coefficient (Wildman–Crippen LogP) is 4.65. The maximum absolute atomic E-state index is 13.0. The molecule has 0 radical (unpaired) electrons. The molecule has 0 spiro atoms. The molecule has 170 valence electrons. The Morgan fingerprint density at radius 3 is 2.13 bits per heavy atom. The average molecular weight is 420 g/mol. The summed E-state index contributed by atoms with van der Waals surface area (Å²) in [6, 6.07) is 0. The van der Waals surface area contributed by atoms with Gasteiger partial charge in [0.25, 0.3) is 0 Å². The van der Waals surface area contributed by atoms with Gasteiger partial charge < -0.3 is 15.3 Å². The Balaban J connectivity index is 3.48. The molecule has 0 saturated carbocycles. The summed E-state index contributed by atoms with van der Waals surface area (Å²) in [5.41, 5.74) is -0.877. The van der Waals surface area contributed by atoms with Crippen LogP contribution >= 0.6 is 0 Å². The van der Waals surface area contributed by atoms with Crippen LogP contribution in [0.1, 0.15) is 81.1 Å². The molecule has 5 heteroatoms. The first-order valence-electron chi connectivity index (χ1n) is 11.3. The summed E-state index contributed by atoms with van der Waals surface area (Å²) in [4.78, 5) is 25.8. The zero-order chi connectivity index (χ0) is 23.4. The zero-order valence-electron chi connectivity index (χ0n) is 20.0. The SMILES string of the molecule is C#C[C@@]1(CC)C[C@@H](C)C(=N)[C@H](C)[C@@H](O)C(C)(C)[C@@H](CC)OC(=O)[C@H](C)C(=O)[C@H](C)C1. The number of nitrogens with one attached hydrogen (secondary N) is 1. The molecule has 0 aromatic heterocycles. The molecule has 1 rings (SSSR count). The maximum Gasteiger partial charge on any atom is 0.316 e. The van der Waals surface area contributed by atoms with Crippen LogP contribution in [-0.4, -0.2) is 34.8 Å². The van der Waals surface area contributed by atoms with Crippen molar-refractivity contribution in [2.45, 2.75) is 93.3 Å². The molecule has 0 amide bonds. The van der Waals surface area contributed by atoms with Gasteiger partial charge in [-0.2, -0.15) is 0 Å². The fraction of sp³-hybridized carbons (Fsp3) is 0.800. The van der Waals surface area contributed by atoms with Gasteiger partial charge in [-0.25, -0.2) is 0 Å². The largest absolute Gasteiger partial charge is 0.461 e. The second-order valence-corrected chi connectivity index (χ2v) is 9.96. The molecule has 0 unspecified atom stereocenters. The highest BCUT2D eigenvalue weighted by Crippen LogP contribution is 2.41. The standard InChI is InChI=1S/C25H41NO4/c1-10-19-24(8,9)22(28)17(6)20(26)15(4)13-25(11-2,12-3)14-16(5)21(27)18(7)23(29)30-19/h2,15-19,22,26,28H,10,12-14H2,1,3-9H3/t15-,16-,17+,18-,19-,22-,25-/m1/s1. The van der Waals surface area contributed by atoms with Crippen molar-refractivity contribution in [3.63, 3.8) is 0 Å². The number of ketones is 1. The Kier molecular flexibility index (Phi) is 8.87. The first-order chi connectivity index (χ1) is 13.8. The van der Waals surface area contributed by atoms with Crippen LogP contribution in [0.3, 0.4) is 0 Å². The number of terminal acetylenes is 1. The molecule has 7 atom stereocenters. The van der Waals surface area contributed by atoms with Gasteiger partial charge in [-0.3, -0.25) is 9.59 Å². The smallest absolute Gasteiger partial charge is 0.316 e. The van der Waals surface area contributed by atoms with Gasteiger partial charge in [0.05, 0.1) is 6.10 Å². The minimum Gasteiger partial charge on any atom is -0.461 e. The molecule has 30 heavy (non-hydrogen) atoms. The van der Waals surface area contributed by atoms with Gasteiger partial charge in [0.15, 0.2) is 0 Å². The van der Waals surface area contributed by atoms with E-state index in [0.717, 1.165) is 0 Å². The molecule has 5 nitrogen and oxygen atoms in total. The van der Waals surface area contributed by atoms with Crippen molar-refractivity contribution in [3.05, 3.63) is 0 Å². The van der Waals surface area contributed by atoms with Gasteiger partial charge in [0.2, 0.25) is 0 Å². The van der Waals surface area contributed by atoms with Crippen molar-refractivity contribution < 1.29 is 19.4 Å². The van der Waals surface area contributed by atoms with Crippen molar-refractivity contribution >= 4 is 17.5 Å². The molecule has 1 fully saturated rings. The lowest BCUT2D eigenvalue weighted by atomic mass is 9.67. The number of carbonyl (C=O) groups is 2. The number of Topliss-reactive ketones (excluding diaryl/α,β-unsaturated/α-hetero) is 1. The zero-order valence-corrected chi connectivity index (χ0v) is 20.0. The summed E-state index contributed by atoms with van der Waals surface area (Å²) < 4.78 is 5.75. The van der Waals surface area contributed by atoms with E-state index in [9.17, 15) is 14.7 Å². The van der Waals surface area contributed by atoms with E-state index in [1.54, 1.807) is 6.92 Å². The van der Waals surface area contributed by atoms with Gasteiger partial charge in [0.1, 0.15) is 17.8 Å². The molecular formula is C25H41NO4. The minimum absolute atomic E-state index is 0.133. The Hall–Kier alpha value is -1.67. The maximum atomic E-state index is 13.0. The number of aliphatic hydroxyl groups excluding tert-OH is 1. The van der Waals surface area contributed by atoms with Crippen molar-refractivity contribution in [2.75, 3.05) is 0 Å². The second-order valence-electron chi connectivity index (χ2n) is 9.96. The highest BCUT2D eigenvalue weighted by atomic mass is 16.5. The molecule has 0 aliphatic carbocycles. The third kappa shape index (κ3) is 5.32. The molecular weight excluding hydrogens is 378 g/mol. The molecule has 1 heterocycles. The summed E-state index contributed by atoms with van der Waals surface area (Å²) in [6.45, 7) is 14.8. The Morgan fingerprint density at radius 1 is 1.13 bits per heavy atom. The second kappa shape index (κ2) is 10.1. The number of esters is 1. The molecule has 0 aromatic rings. The summed E-state index contributed by atoms with van der Waals surface area (Å²) in [5.74, 6) is 0.364. The fourth-order valence-electron chi connectivity index (χ4n) is 4.97. The van der Waals surface area contributed by atoms with E-state index in [0.29, 0.717) is 31.4 Å². The Morgan fingerprint density at radius 2 is 1.67 bits per heavy atom. The molecule has 0 bridgehead atoms. The van der Waals surface area contributed by atoms with E-state index in [2.05, 4.69) is 5.92 Å². The van der Waals surface area contributed by atoms with Crippen LogP contribution in [-0.2, 0) is 14.3 Å². The lowest BCUT2D eigenvalue weighted by Crippen LogP contribution is -2.49. The van der Waals surface area contributed by atoms with E-state index in [-0.39, 0.29) is 17.6 Å². The molecule has 0 aromatic carbocycles. The summed E-state index contributed by atoms with van der Waals surface area (Å²) >= 11 is 0. The number of carbonyl (C=O) groups excluding carboxylic acids is 2. The van der Waals surface area contributed by atoms with E-state index in [4.69, 9.17) is 16.6 Å². The van der Waals surface area contributed by atoms with Crippen molar-refractivity contribution in [1.29, 1.82) is 5.41 Å². The van der Waals surface area contributed by atoms with Crippen LogP contribution in [0.5, 0.6) is 0 Å². The lowest BCUT2D eigenvalue weighted by molar-refractivity contribution is -0.168. The van der Waals surface area contributed by atoms with Crippen molar-refractivity contribution in [1.82, 2.24) is 0 Å². The monoisotopic (exact) mass is 419 g/mol. The van der Waals surface area contributed by atoms with Crippen molar-refractivity contribution in [3.8, 4) is 12.3 Å². The van der Waals surface area contributed by atoms with Gasteiger partial charge in [-0.15, -0.1) is 6.42 Å². The van der Waals surface area contributed by atoms with Gasteiger partial charge in [-0.05, 0) is 38.5 Å². The molecule has 1 aliphatic rings. The number of hydrogen-bond acceptors (Lipinski definition) is 5. The topological polar surface area (TPSA) is 87.4 Å². The highest BCUT2D eigenvalue weighted by Gasteiger charge is 2.45. The number of cyclic esters (lactones) is 1. The van der Waals surface area contributed by atoms with Gasteiger partial charge in [0, 0.05) is 28.4 Å². The Labute approximate surface area is 182 Å². The highest BCUT2D eigenvalue weighted by molar-refractivity contribution is 5.99. The first kappa shape index (κ1) is 26.4. The normalized spacial score (nSPS) is 39.0. The van der Waals surface area contributed by atoms with E-state index in [1.165, 1.54) is 0 Å². The quantitative estimate of drug-likeness (QED) is 0.387. The number of aliphatic hydroxyl groups is 1. The molecule has 1 aliphatic heterocycles. The van der Waals surface area contributed by atoms with Gasteiger partial charge >= 0.3 is 5.97 Å². The minimum atomic E-state index is -0.884. The van der Waals surface area contributed by atoms with Crippen LogP contribution in [0.4, 0.5) is 0 Å². The van der Waals surface area contributed by atoms with Crippen LogP contribution in [0, 0.1) is 52.3 Å². The lowest BCUT2D eigenvalue weighted by Gasteiger charge is -2.42. The third-order valence-electron chi connectivity index (χ3n) is 7.36. The summed E-state index contributed by atoms with van der Waals surface area (Å²) in [5, 5.41) is 19.9. The number of rotatable bonds is 2. The van der Waals surface area contributed by atoms with Crippen LogP contribution in [0.15, 0.2) is 0 Å². The summed E-state index contributed by atoms with van der Waals surface area (Å²) in [7, 11) is 0. The number of ether oxygens (including phenoxy) is 1. The van der Waals surface area contributed by atoms with E-state index >= 15 is 0 Å². The number of hydrogen-bond donors (Lipinski definition) is 2. The van der Waals surface area contributed by atoms with E-state index < -0.39 is 40.8 Å². The van der Waals surface area contributed by atoms with Crippen molar-refractivity contribution in [2.24, 2.45) is 34.5 Å². The van der Waals surface area contributed by atoms with Crippen LogP contribution in [0.2, 0.25) is 0 Å². The fourth-order valence-corrected chi connectivity index (χ4v) is 4.97. The summed E-state index contributed by atoms with van der Waals surface area (Å²) in [6.07, 6.45) is 6.73. The van der Waals surface area contributed by atoms with Gasteiger partial charge in [-0.1, -0.05) is 54.4 Å². The van der Waals surface area contributed by atoms with Crippen LogP contribution < -0.4 is 0 Å². The van der Waals surface area contributed by atoms with E-state index in [1.807, 2.05) is 48.5 Å². The average Bonchev–Trinajstić information content (AvgIpc) is 2.72. The molecule has 2 N–H and O–H groups in total.